The van der Waals surface area contributed by atoms with Crippen molar-refractivity contribution in [2.45, 2.75) is 26.5 Å². The van der Waals surface area contributed by atoms with E-state index in [2.05, 4.69) is 20.6 Å². The molecule has 0 saturated carbocycles. The van der Waals surface area contributed by atoms with Crippen LogP contribution in [0, 0.1) is 0 Å². The smallest absolute Gasteiger partial charge is 0.191 e. The third-order valence-electron chi connectivity index (χ3n) is 3.62. The Morgan fingerprint density at radius 1 is 1.26 bits per heavy atom. The average molecular weight is 392 g/mol. The second-order valence-electron chi connectivity index (χ2n) is 6.17. The molecular formula is C19H29N5O2S. The van der Waals surface area contributed by atoms with Gasteiger partial charge in [0.2, 0.25) is 0 Å². The van der Waals surface area contributed by atoms with Crippen LogP contribution in [0.1, 0.15) is 19.5 Å². The first-order chi connectivity index (χ1) is 13.0. The number of aromatic nitrogens is 1. The van der Waals surface area contributed by atoms with Crippen LogP contribution in [-0.4, -0.2) is 51.3 Å². The Balaban J connectivity index is 1.90. The third-order valence-corrected chi connectivity index (χ3v) is 4.68. The van der Waals surface area contributed by atoms with Gasteiger partial charge in [-0.1, -0.05) is 12.1 Å². The minimum atomic E-state index is -0.0511. The van der Waals surface area contributed by atoms with Crippen LogP contribution in [0.3, 0.4) is 0 Å². The highest BCUT2D eigenvalue weighted by molar-refractivity contribution is 7.13. The van der Waals surface area contributed by atoms with Gasteiger partial charge in [0.15, 0.2) is 22.6 Å². The number of para-hydroxylation sites is 2. The molecule has 1 heterocycles. The van der Waals surface area contributed by atoms with Gasteiger partial charge in [0.05, 0.1) is 25.9 Å². The molecule has 0 saturated heterocycles. The van der Waals surface area contributed by atoms with Gasteiger partial charge in [0, 0.05) is 26.0 Å². The Kier molecular flexibility index (Phi) is 8.19. The molecule has 1 aromatic carbocycles. The molecule has 0 amide bonds. The van der Waals surface area contributed by atoms with Crippen LogP contribution in [-0.2, 0) is 6.54 Å². The summed E-state index contributed by atoms with van der Waals surface area (Å²) in [4.78, 5) is 11.2. The SMILES string of the molecule is CCNC(=NCc1csc(N(C)C)n1)NCC(C)Oc1ccccc1OC. The van der Waals surface area contributed by atoms with Gasteiger partial charge in [0.25, 0.3) is 0 Å². The van der Waals surface area contributed by atoms with Gasteiger partial charge in [-0.3, -0.25) is 0 Å². The Morgan fingerprint density at radius 2 is 2.00 bits per heavy atom. The first-order valence-electron chi connectivity index (χ1n) is 8.97. The zero-order chi connectivity index (χ0) is 19.6. The van der Waals surface area contributed by atoms with Gasteiger partial charge in [-0.15, -0.1) is 11.3 Å². The van der Waals surface area contributed by atoms with E-state index >= 15 is 0 Å². The lowest BCUT2D eigenvalue weighted by Gasteiger charge is -2.19. The van der Waals surface area contributed by atoms with Crippen LogP contribution in [0.5, 0.6) is 11.5 Å². The normalized spacial score (nSPS) is 12.4. The summed E-state index contributed by atoms with van der Waals surface area (Å²) in [7, 11) is 5.61. The lowest BCUT2D eigenvalue weighted by molar-refractivity contribution is 0.213. The number of thiazole rings is 1. The van der Waals surface area contributed by atoms with E-state index in [-0.39, 0.29) is 6.10 Å². The Labute approximate surface area is 165 Å². The zero-order valence-corrected chi connectivity index (χ0v) is 17.5. The first-order valence-corrected chi connectivity index (χ1v) is 9.85. The summed E-state index contributed by atoms with van der Waals surface area (Å²) in [6.45, 7) is 5.98. The van der Waals surface area contributed by atoms with E-state index in [4.69, 9.17) is 9.47 Å². The topological polar surface area (TPSA) is 71.0 Å². The number of benzene rings is 1. The molecule has 0 spiro atoms. The van der Waals surface area contributed by atoms with E-state index in [9.17, 15) is 0 Å². The molecule has 0 bridgehead atoms. The summed E-state index contributed by atoms with van der Waals surface area (Å²) >= 11 is 1.62. The Hall–Kier alpha value is -2.48. The van der Waals surface area contributed by atoms with E-state index in [1.807, 2.05) is 62.5 Å². The molecule has 0 aliphatic rings. The molecule has 0 radical (unpaired) electrons. The van der Waals surface area contributed by atoms with E-state index in [1.54, 1.807) is 18.4 Å². The van der Waals surface area contributed by atoms with Gasteiger partial charge in [-0.2, -0.15) is 0 Å². The molecule has 27 heavy (non-hydrogen) atoms. The second kappa shape index (κ2) is 10.6. The van der Waals surface area contributed by atoms with Gasteiger partial charge in [-0.05, 0) is 26.0 Å². The van der Waals surface area contributed by atoms with Crippen molar-refractivity contribution in [3.8, 4) is 11.5 Å². The van der Waals surface area contributed by atoms with Crippen LogP contribution in [0.2, 0.25) is 0 Å². The molecule has 2 rings (SSSR count). The highest BCUT2D eigenvalue weighted by atomic mass is 32.1. The lowest BCUT2D eigenvalue weighted by atomic mass is 10.3. The zero-order valence-electron chi connectivity index (χ0n) is 16.7. The molecule has 0 aliphatic heterocycles. The fraction of sp³-hybridized carbons (Fsp3) is 0.474. The Morgan fingerprint density at radius 3 is 2.63 bits per heavy atom. The molecule has 1 aromatic heterocycles. The van der Waals surface area contributed by atoms with Crippen molar-refractivity contribution in [3.05, 3.63) is 35.3 Å². The van der Waals surface area contributed by atoms with Crippen molar-refractivity contribution in [2.24, 2.45) is 4.99 Å². The maximum atomic E-state index is 5.97. The number of guanidine groups is 1. The molecule has 0 aliphatic carbocycles. The summed E-state index contributed by atoms with van der Waals surface area (Å²) < 4.78 is 11.3. The molecule has 7 nitrogen and oxygen atoms in total. The highest BCUT2D eigenvalue weighted by Crippen LogP contribution is 2.26. The molecule has 0 fully saturated rings. The predicted octanol–water partition coefficient (Wildman–Crippen LogP) is 2.74. The van der Waals surface area contributed by atoms with Gasteiger partial charge < -0.3 is 25.0 Å². The highest BCUT2D eigenvalue weighted by Gasteiger charge is 2.10. The first kappa shape index (κ1) is 20.8. The maximum absolute atomic E-state index is 5.97. The summed E-state index contributed by atoms with van der Waals surface area (Å²) in [5.74, 6) is 2.20. The number of nitrogens with zero attached hydrogens (tertiary/aromatic N) is 3. The van der Waals surface area contributed by atoms with Crippen LogP contribution in [0.4, 0.5) is 5.13 Å². The molecule has 1 atom stereocenters. The number of hydrogen-bond donors (Lipinski definition) is 2. The molecule has 2 aromatic rings. The van der Waals surface area contributed by atoms with Crippen LogP contribution < -0.4 is 25.0 Å². The monoisotopic (exact) mass is 391 g/mol. The van der Waals surface area contributed by atoms with E-state index in [1.165, 1.54) is 0 Å². The van der Waals surface area contributed by atoms with Crippen molar-refractivity contribution < 1.29 is 9.47 Å². The van der Waals surface area contributed by atoms with Gasteiger partial charge >= 0.3 is 0 Å². The average Bonchev–Trinajstić information content (AvgIpc) is 3.14. The van der Waals surface area contributed by atoms with Crippen LogP contribution in [0.25, 0.3) is 0 Å². The number of aliphatic imine (C=N–C) groups is 1. The van der Waals surface area contributed by atoms with Crippen molar-refractivity contribution in [3.63, 3.8) is 0 Å². The lowest BCUT2D eigenvalue weighted by Crippen LogP contribution is -2.41. The number of anilines is 1. The fourth-order valence-electron chi connectivity index (χ4n) is 2.29. The maximum Gasteiger partial charge on any atom is 0.191 e. The van der Waals surface area contributed by atoms with Crippen LogP contribution in [0.15, 0.2) is 34.6 Å². The summed E-state index contributed by atoms with van der Waals surface area (Å²) in [6, 6.07) is 7.64. The minimum absolute atomic E-state index is 0.0511. The van der Waals surface area contributed by atoms with Gasteiger partial charge in [-0.25, -0.2) is 9.98 Å². The largest absolute Gasteiger partial charge is 0.493 e. The second-order valence-corrected chi connectivity index (χ2v) is 7.01. The molecule has 1 unspecified atom stereocenters. The number of rotatable bonds is 9. The van der Waals surface area contributed by atoms with E-state index in [0.717, 1.165) is 34.8 Å². The van der Waals surface area contributed by atoms with Crippen molar-refractivity contribution in [2.75, 3.05) is 39.2 Å². The third kappa shape index (κ3) is 6.63. The van der Waals surface area contributed by atoms with Crippen LogP contribution >= 0.6 is 11.3 Å². The fourth-order valence-corrected chi connectivity index (χ4v) is 3.04. The minimum Gasteiger partial charge on any atom is -0.493 e. The number of nitrogens with one attached hydrogen (secondary N) is 2. The standard InChI is InChI=1S/C19H29N5O2S/c1-6-20-18(22-12-15-13-27-19(23-15)24(3)4)21-11-14(2)26-17-10-8-7-9-16(17)25-5/h7-10,13-14H,6,11-12H2,1-5H3,(H2,20,21,22). The van der Waals surface area contributed by atoms with Crippen molar-refractivity contribution in [1.29, 1.82) is 0 Å². The van der Waals surface area contributed by atoms with Gasteiger partial charge in [0.1, 0.15) is 6.10 Å². The van der Waals surface area contributed by atoms with E-state index < -0.39 is 0 Å². The molecule has 148 valence electrons. The number of hydrogen-bond acceptors (Lipinski definition) is 6. The summed E-state index contributed by atoms with van der Waals surface area (Å²) in [5.41, 5.74) is 0.958. The summed E-state index contributed by atoms with van der Waals surface area (Å²) in [6.07, 6.45) is -0.0511. The van der Waals surface area contributed by atoms with Crippen molar-refractivity contribution in [1.82, 2.24) is 15.6 Å². The molecule has 8 heteroatoms. The van der Waals surface area contributed by atoms with E-state index in [0.29, 0.717) is 13.1 Å². The van der Waals surface area contributed by atoms with Crippen molar-refractivity contribution >= 4 is 22.4 Å². The molecule has 2 N–H and O–H groups in total. The predicted molar refractivity (Wildman–Crippen MR) is 112 cm³/mol. The number of methoxy groups -OCH3 is 1. The number of ether oxygens (including phenoxy) is 2. The summed E-state index contributed by atoms with van der Waals surface area (Å²) in [5, 5.41) is 9.59. The molecular weight excluding hydrogens is 362 g/mol. The Bertz CT molecular complexity index is 732. The quantitative estimate of drug-likeness (QED) is 0.506.